The van der Waals surface area contributed by atoms with Crippen LogP contribution in [0.15, 0.2) is 36.4 Å². The van der Waals surface area contributed by atoms with E-state index in [2.05, 4.69) is 69.4 Å². The highest BCUT2D eigenvalue weighted by atomic mass is 35.5. The molecule has 2 rings (SSSR count). The van der Waals surface area contributed by atoms with Crippen LogP contribution < -0.4 is 5.32 Å². The highest BCUT2D eigenvalue weighted by Crippen LogP contribution is 2.27. The van der Waals surface area contributed by atoms with Crippen LogP contribution in [0, 0.1) is 13.8 Å². The third-order valence-corrected chi connectivity index (χ3v) is 3.66. The zero-order chi connectivity index (χ0) is 14.7. The maximum absolute atomic E-state index is 6.40. The van der Waals surface area contributed by atoms with Gasteiger partial charge in [-0.15, -0.1) is 0 Å². The van der Waals surface area contributed by atoms with E-state index in [-0.39, 0.29) is 0 Å². The van der Waals surface area contributed by atoms with Crippen LogP contribution in [0.1, 0.15) is 30.5 Å². The second-order valence-electron chi connectivity index (χ2n) is 5.72. The lowest BCUT2D eigenvalue weighted by Crippen LogP contribution is -2.21. The van der Waals surface area contributed by atoms with Crippen molar-refractivity contribution in [2.75, 3.05) is 0 Å². The van der Waals surface area contributed by atoms with Crippen LogP contribution in [-0.4, -0.2) is 6.04 Å². The number of aryl methyl sites for hydroxylation is 2. The second kappa shape index (κ2) is 6.43. The first-order chi connectivity index (χ1) is 9.45. The zero-order valence-corrected chi connectivity index (χ0v) is 13.4. The van der Waals surface area contributed by atoms with Crippen LogP contribution >= 0.6 is 11.6 Å². The van der Waals surface area contributed by atoms with Crippen molar-refractivity contribution < 1.29 is 0 Å². The number of halogens is 1. The Balaban J connectivity index is 2.28. The van der Waals surface area contributed by atoms with E-state index in [9.17, 15) is 0 Å². The number of nitrogens with one attached hydrogen (secondary N) is 1. The first kappa shape index (κ1) is 15.1. The monoisotopic (exact) mass is 287 g/mol. The van der Waals surface area contributed by atoms with Crippen LogP contribution in [0.2, 0.25) is 5.02 Å². The first-order valence-corrected chi connectivity index (χ1v) is 7.44. The van der Waals surface area contributed by atoms with Gasteiger partial charge in [0.2, 0.25) is 0 Å². The summed E-state index contributed by atoms with van der Waals surface area (Å²) < 4.78 is 0. The number of hydrogen-bond donors (Lipinski definition) is 1. The molecule has 0 unspecified atom stereocenters. The average Bonchev–Trinajstić information content (AvgIpc) is 2.35. The highest BCUT2D eigenvalue weighted by molar-refractivity contribution is 6.31. The van der Waals surface area contributed by atoms with E-state index in [0.29, 0.717) is 6.04 Å². The molecule has 0 radical (unpaired) electrons. The zero-order valence-electron chi connectivity index (χ0n) is 12.6. The summed E-state index contributed by atoms with van der Waals surface area (Å²) in [5.41, 5.74) is 6.11. The van der Waals surface area contributed by atoms with Crippen molar-refractivity contribution in [3.63, 3.8) is 0 Å². The van der Waals surface area contributed by atoms with Crippen molar-refractivity contribution in [1.29, 1.82) is 0 Å². The van der Waals surface area contributed by atoms with Gasteiger partial charge in [0.15, 0.2) is 0 Å². The molecule has 2 aromatic rings. The van der Waals surface area contributed by atoms with E-state index >= 15 is 0 Å². The van der Waals surface area contributed by atoms with Crippen LogP contribution in [0.3, 0.4) is 0 Å². The molecule has 0 amide bonds. The smallest absolute Gasteiger partial charge is 0.0457 e. The molecular weight excluding hydrogens is 266 g/mol. The topological polar surface area (TPSA) is 12.0 Å². The molecule has 1 nitrogen and oxygen atoms in total. The molecule has 0 saturated carbocycles. The number of benzene rings is 2. The summed E-state index contributed by atoms with van der Waals surface area (Å²) in [4.78, 5) is 0. The van der Waals surface area contributed by atoms with Gasteiger partial charge < -0.3 is 5.32 Å². The fourth-order valence-corrected chi connectivity index (χ4v) is 2.57. The highest BCUT2D eigenvalue weighted by Gasteiger charge is 2.05. The summed E-state index contributed by atoms with van der Waals surface area (Å²) in [5.74, 6) is 0. The Morgan fingerprint density at radius 3 is 2.15 bits per heavy atom. The molecule has 2 heteroatoms. The van der Waals surface area contributed by atoms with Gasteiger partial charge in [-0.05, 0) is 36.6 Å². The van der Waals surface area contributed by atoms with Gasteiger partial charge >= 0.3 is 0 Å². The number of rotatable bonds is 4. The number of hydrogen-bond acceptors (Lipinski definition) is 1. The molecule has 0 fully saturated rings. The van der Waals surface area contributed by atoms with Crippen molar-refractivity contribution in [3.8, 4) is 11.1 Å². The van der Waals surface area contributed by atoms with Gasteiger partial charge in [0.05, 0.1) is 0 Å². The summed E-state index contributed by atoms with van der Waals surface area (Å²) in [6.45, 7) is 9.33. The van der Waals surface area contributed by atoms with Gasteiger partial charge in [0.25, 0.3) is 0 Å². The quantitative estimate of drug-likeness (QED) is 0.823. The van der Waals surface area contributed by atoms with E-state index in [1.165, 1.54) is 22.3 Å². The third kappa shape index (κ3) is 3.84. The Labute approximate surface area is 127 Å². The molecule has 0 atom stereocenters. The van der Waals surface area contributed by atoms with E-state index < -0.39 is 0 Å². The lowest BCUT2D eigenvalue weighted by atomic mass is 9.99. The van der Waals surface area contributed by atoms with Crippen LogP contribution in [0.5, 0.6) is 0 Å². The first-order valence-electron chi connectivity index (χ1n) is 7.06. The maximum Gasteiger partial charge on any atom is 0.0457 e. The summed E-state index contributed by atoms with van der Waals surface area (Å²) in [6, 6.07) is 13.4. The molecule has 0 bridgehead atoms. The standard InChI is InChI=1S/C18H22ClN/c1-12(2)20-11-16-6-5-15(10-18(16)19)17-8-13(3)7-14(4)9-17/h5-10,12,20H,11H2,1-4H3. The predicted octanol–water partition coefficient (Wildman–Crippen LogP) is 5.12. The van der Waals surface area contributed by atoms with Crippen molar-refractivity contribution in [2.45, 2.75) is 40.3 Å². The normalized spacial score (nSPS) is 11.1. The minimum absolute atomic E-state index is 0.463. The molecule has 0 saturated heterocycles. The maximum atomic E-state index is 6.40. The van der Waals surface area contributed by atoms with Gasteiger partial charge in [-0.2, -0.15) is 0 Å². The molecule has 20 heavy (non-hydrogen) atoms. The second-order valence-corrected chi connectivity index (χ2v) is 6.13. The van der Waals surface area contributed by atoms with E-state index in [0.717, 1.165) is 17.1 Å². The minimum atomic E-state index is 0.463. The van der Waals surface area contributed by atoms with Gasteiger partial charge in [-0.25, -0.2) is 0 Å². The molecular formula is C18H22ClN. The Morgan fingerprint density at radius 1 is 0.950 bits per heavy atom. The summed E-state index contributed by atoms with van der Waals surface area (Å²) in [6.07, 6.45) is 0. The Bertz CT molecular complexity index is 582. The summed E-state index contributed by atoms with van der Waals surface area (Å²) in [7, 11) is 0. The Morgan fingerprint density at radius 2 is 1.60 bits per heavy atom. The SMILES string of the molecule is Cc1cc(C)cc(-c2ccc(CNC(C)C)c(Cl)c2)c1. The fraction of sp³-hybridized carbons (Fsp3) is 0.333. The van der Waals surface area contributed by atoms with Crippen LogP contribution in [0.25, 0.3) is 11.1 Å². The molecule has 106 valence electrons. The Hall–Kier alpha value is -1.31. The molecule has 0 aromatic heterocycles. The Kier molecular flexibility index (Phi) is 4.85. The molecule has 0 spiro atoms. The van der Waals surface area contributed by atoms with Crippen LogP contribution in [-0.2, 0) is 6.54 Å². The summed E-state index contributed by atoms with van der Waals surface area (Å²) >= 11 is 6.40. The third-order valence-electron chi connectivity index (χ3n) is 3.31. The predicted molar refractivity (Wildman–Crippen MR) is 88.3 cm³/mol. The van der Waals surface area contributed by atoms with Crippen molar-refractivity contribution in [2.24, 2.45) is 0 Å². The molecule has 0 heterocycles. The largest absolute Gasteiger partial charge is 0.310 e. The van der Waals surface area contributed by atoms with Crippen LogP contribution in [0.4, 0.5) is 0 Å². The molecule has 0 aliphatic heterocycles. The molecule has 0 aliphatic carbocycles. The van der Waals surface area contributed by atoms with E-state index in [1.807, 2.05) is 0 Å². The minimum Gasteiger partial charge on any atom is -0.310 e. The van der Waals surface area contributed by atoms with Crippen molar-refractivity contribution in [3.05, 3.63) is 58.1 Å². The van der Waals surface area contributed by atoms with E-state index in [1.54, 1.807) is 0 Å². The van der Waals surface area contributed by atoms with Gasteiger partial charge in [-0.1, -0.05) is 66.9 Å². The molecule has 1 N–H and O–H groups in total. The fourth-order valence-electron chi connectivity index (χ4n) is 2.33. The average molecular weight is 288 g/mol. The van der Waals surface area contributed by atoms with Gasteiger partial charge in [0, 0.05) is 17.6 Å². The molecule has 2 aromatic carbocycles. The van der Waals surface area contributed by atoms with Crippen molar-refractivity contribution in [1.82, 2.24) is 5.32 Å². The van der Waals surface area contributed by atoms with Crippen molar-refractivity contribution >= 4 is 11.6 Å². The lowest BCUT2D eigenvalue weighted by Gasteiger charge is -2.11. The van der Waals surface area contributed by atoms with Gasteiger partial charge in [-0.3, -0.25) is 0 Å². The van der Waals surface area contributed by atoms with E-state index in [4.69, 9.17) is 11.6 Å². The van der Waals surface area contributed by atoms with Gasteiger partial charge in [0.1, 0.15) is 0 Å². The lowest BCUT2D eigenvalue weighted by molar-refractivity contribution is 0.589. The summed E-state index contributed by atoms with van der Waals surface area (Å²) in [5, 5.41) is 4.22. The molecule has 0 aliphatic rings.